The van der Waals surface area contributed by atoms with E-state index in [0.717, 1.165) is 70.7 Å². The van der Waals surface area contributed by atoms with E-state index in [1.54, 1.807) is 7.11 Å². The van der Waals surface area contributed by atoms with Crippen LogP contribution in [-0.2, 0) is 27.5 Å². The van der Waals surface area contributed by atoms with Crippen LogP contribution in [0.15, 0.2) is 30.7 Å². The van der Waals surface area contributed by atoms with E-state index in [1.807, 2.05) is 50.0 Å². The molecule has 1 unspecified atom stereocenters. The van der Waals surface area contributed by atoms with Crippen molar-refractivity contribution >= 4 is 53.7 Å². The zero-order valence-corrected chi connectivity index (χ0v) is 30.4. The van der Waals surface area contributed by atoms with Crippen molar-refractivity contribution in [2.45, 2.75) is 109 Å². The third-order valence-corrected chi connectivity index (χ3v) is 11.1. The summed E-state index contributed by atoms with van der Waals surface area (Å²) in [7, 11) is 0.442. The van der Waals surface area contributed by atoms with Crippen molar-refractivity contribution < 1.29 is 19.0 Å². The van der Waals surface area contributed by atoms with Gasteiger partial charge in [0.25, 0.3) is 0 Å². The number of methoxy groups -OCH3 is 1. The normalized spacial score (nSPS) is 20.0. The molecule has 6 rings (SSSR count). The highest BCUT2D eigenvalue weighted by atomic mass is 35.5. The molecule has 0 radical (unpaired) electrons. The first-order valence-electron chi connectivity index (χ1n) is 16.7. The third kappa shape index (κ3) is 7.61. The van der Waals surface area contributed by atoms with Crippen LogP contribution >= 0.6 is 11.6 Å². The second-order valence-corrected chi connectivity index (χ2v) is 21.1. The van der Waals surface area contributed by atoms with E-state index >= 15 is 0 Å². The maximum absolute atomic E-state index is 12.5. The Labute approximate surface area is 282 Å². The Balaban J connectivity index is 1.30. The zero-order valence-electron chi connectivity index (χ0n) is 28.7. The van der Waals surface area contributed by atoms with Gasteiger partial charge in [0.1, 0.15) is 23.7 Å². The van der Waals surface area contributed by atoms with E-state index in [4.69, 9.17) is 35.8 Å². The number of nitrogens with one attached hydrogen (secondary N) is 1. The molecule has 1 N–H and O–H groups in total. The summed E-state index contributed by atoms with van der Waals surface area (Å²) in [6.45, 7) is 15.0. The fraction of sp³-hybridized carbons (Fsp3) is 0.588. The molecule has 2 aliphatic rings. The monoisotopic (exact) mass is 681 g/mol. The third-order valence-electron chi connectivity index (χ3n) is 8.98. The van der Waals surface area contributed by atoms with Crippen LogP contribution in [0.4, 0.5) is 10.6 Å². The molecule has 13 heteroatoms. The van der Waals surface area contributed by atoms with Crippen molar-refractivity contribution in [1.29, 1.82) is 0 Å². The molecule has 254 valence electrons. The number of hydrogen-bond acceptors (Lipinski definition) is 8. The maximum atomic E-state index is 12.5. The molecule has 2 bridgehead atoms. The van der Waals surface area contributed by atoms with Gasteiger partial charge >= 0.3 is 6.09 Å². The van der Waals surface area contributed by atoms with Crippen LogP contribution in [0.1, 0.15) is 46.5 Å². The smallest absolute Gasteiger partial charge is 0.407 e. The van der Waals surface area contributed by atoms with E-state index in [9.17, 15) is 4.79 Å². The predicted octanol–water partition coefficient (Wildman–Crippen LogP) is 7.08. The molecule has 3 aromatic heterocycles. The van der Waals surface area contributed by atoms with E-state index in [0.29, 0.717) is 31.5 Å². The molecule has 0 spiro atoms. The van der Waals surface area contributed by atoms with Gasteiger partial charge in [-0.25, -0.2) is 14.8 Å². The van der Waals surface area contributed by atoms with Gasteiger partial charge in [0.15, 0.2) is 5.65 Å². The number of fused-ring (bicyclic) bond motifs is 4. The number of aromatic nitrogens is 5. The summed E-state index contributed by atoms with van der Waals surface area (Å²) in [6.07, 6.45) is 9.37. The number of alkyl carbamates (subject to hydrolysis) is 1. The van der Waals surface area contributed by atoms with Crippen molar-refractivity contribution in [2.75, 3.05) is 25.2 Å². The number of carbonyl (C=O) groups is 1. The number of ether oxygens (including phenoxy) is 3. The van der Waals surface area contributed by atoms with Crippen LogP contribution < -0.4 is 10.2 Å². The van der Waals surface area contributed by atoms with Crippen LogP contribution in [0.2, 0.25) is 30.7 Å². The van der Waals surface area contributed by atoms with Gasteiger partial charge in [0, 0.05) is 68.8 Å². The predicted molar refractivity (Wildman–Crippen MR) is 189 cm³/mol. The zero-order chi connectivity index (χ0) is 33.5. The molecule has 1 amide bonds. The largest absolute Gasteiger partial charge is 0.444 e. The average Bonchev–Trinajstić information content (AvgIpc) is 3.64. The fourth-order valence-corrected chi connectivity index (χ4v) is 7.83. The summed E-state index contributed by atoms with van der Waals surface area (Å²) in [5, 5.41) is 9.30. The lowest BCUT2D eigenvalue weighted by molar-refractivity contribution is 0.0492. The summed E-state index contributed by atoms with van der Waals surface area (Å²) in [5.41, 5.74) is 3.65. The highest BCUT2D eigenvalue weighted by Gasteiger charge is 2.42. The van der Waals surface area contributed by atoms with Gasteiger partial charge in [-0.1, -0.05) is 37.3 Å². The SMILES string of the molecule is COCCn1cc2c(Cl)c(-c3cn(COCC[Si](C)(C)C)c4nc(N5C6CC[C@H]5C[C@@H](NC(=O)OC(C)(C)C)C6)cnc34)ccc2n1. The highest BCUT2D eigenvalue weighted by molar-refractivity contribution is 6.76. The van der Waals surface area contributed by atoms with Crippen LogP contribution in [0.5, 0.6) is 0 Å². The number of nitrogens with zero attached hydrogens (tertiary/aromatic N) is 6. The topological polar surface area (TPSA) is 109 Å². The van der Waals surface area contributed by atoms with Crippen molar-refractivity contribution in [1.82, 2.24) is 29.6 Å². The van der Waals surface area contributed by atoms with Crippen molar-refractivity contribution in [3.8, 4) is 11.1 Å². The number of halogens is 1. The Morgan fingerprint density at radius 3 is 2.51 bits per heavy atom. The molecule has 47 heavy (non-hydrogen) atoms. The lowest BCUT2D eigenvalue weighted by atomic mass is 9.97. The minimum absolute atomic E-state index is 0.0708. The van der Waals surface area contributed by atoms with Crippen LogP contribution in [0.3, 0.4) is 0 Å². The first-order chi connectivity index (χ1) is 22.3. The summed E-state index contributed by atoms with van der Waals surface area (Å²) in [5.74, 6) is 0.856. The van der Waals surface area contributed by atoms with Gasteiger partial charge in [-0.3, -0.25) is 4.68 Å². The van der Waals surface area contributed by atoms with Crippen molar-refractivity contribution in [2.24, 2.45) is 0 Å². The Hall–Kier alpha value is -3.19. The first kappa shape index (κ1) is 33.7. The van der Waals surface area contributed by atoms with Gasteiger partial charge in [0.05, 0.1) is 29.9 Å². The second kappa shape index (κ2) is 13.4. The molecule has 4 aromatic rings. The van der Waals surface area contributed by atoms with Gasteiger partial charge in [-0.05, 0) is 58.6 Å². The number of rotatable bonds is 11. The molecule has 3 atom stereocenters. The minimum Gasteiger partial charge on any atom is -0.444 e. The average molecular weight is 682 g/mol. The summed E-state index contributed by atoms with van der Waals surface area (Å²) in [4.78, 5) is 25.2. The molecule has 11 nitrogen and oxygen atoms in total. The molecule has 0 aliphatic carbocycles. The molecular weight excluding hydrogens is 634 g/mol. The fourth-order valence-electron chi connectivity index (χ4n) is 6.76. The number of anilines is 1. The van der Waals surface area contributed by atoms with Crippen LogP contribution in [0.25, 0.3) is 33.2 Å². The summed E-state index contributed by atoms with van der Waals surface area (Å²) < 4.78 is 20.9. The van der Waals surface area contributed by atoms with Gasteiger partial charge in [-0.2, -0.15) is 5.10 Å². The lowest BCUT2D eigenvalue weighted by Crippen LogP contribution is -2.51. The summed E-state index contributed by atoms with van der Waals surface area (Å²) >= 11 is 7.08. The first-order valence-corrected chi connectivity index (χ1v) is 20.7. The Morgan fingerprint density at radius 2 is 1.83 bits per heavy atom. The van der Waals surface area contributed by atoms with Gasteiger partial charge in [0.2, 0.25) is 0 Å². The van der Waals surface area contributed by atoms with Crippen molar-refractivity contribution in [3.63, 3.8) is 0 Å². The number of piperidine rings is 1. The number of benzene rings is 1. The number of carbonyl (C=O) groups excluding carboxylic acids is 1. The lowest BCUT2D eigenvalue weighted by Gasteiger charge is -2.39. The quantitative estimate of drug-likeness (QED) is 0.132. The molecule has 5 heterocycles. The van der Waals surface area contributed by atoms with E-state index < -0.39 is 13.7 Å². The molecule has 2 aliphatic heterocycles. The van der Waals surface area contributed by atoms with E-state index in [-0.39, 0.29) is 24.2 Å². The van der Waals surface area contributed by atoms with Gasteiger partial charge in [-0.15, -0.1) is 0 Å². The highest BCUT2D eigenvalue weighted by Crippen LogP contribution is 2.41. The molecular formula is C34H48ClN7O4Si. The van der Waals surface area contributed by atoms with Crippen molar-refractivity contribution in [3.05, 3.63) is 35.7 Å². The number of amides is 1. The summed E-state index contributed by atoms with van der Waals surface area (Å²) in [6, 6.07) is 5.71. The van der Waals surface area contributed by atoms with E-state index in [1.165, 1.54) is 0 Å². The van der Waals surface area contributed by atoms with Crippen LogP contribution in [-0.4, -0.2) is 82.5 Å². The Bertz CT molecular complexity index is 1730. The molecule has 0 saturated carbocycles. The van der Waals surface area contributed by atoms with Gasteiger partial charge < -0.3 is 29.0 Å². The van der Waals surface area contributed by atoms with Crippen LogP contribution in [0, 0.1) is 0 Å². The van der Waals surface area contributed by atoms with E-state index in [2.05, 4.69) is 45.7 Å². The molecule has 2 fully saturated rings. The molecule has 1 aromatic carbocycles. The maximum Gasteiger partial charge on any atom is 0.407 e. The minimum atomic E-state index is -1.24. The Morgan fingerprint density at radius 1 is 1.09 bits per heavy atom. The second-order valence-electron chi connectivity index (χ2n) is 15.1. The molecule has 2 saturated heterocycles. The number of hydrogen-bond donors (Lipinski definition) is 1. The standard InChI is InChI=1S/C34H48ClN7O4Si/c1-34(2,3)46-33(43)37-22-16-23-8-9-24(17-22)42(23)29-18-36-31-26(19-40(32(31)38-29)21-45-14-15-47(5,6)7)25-10-11-28-27(30(25)35)20-41(39-28)12-13-44-4/h10-11,18-20,22-24H,8-9,12-17,21H2,1-7H3,(H,37,43)/t22-,23+,24?/m1/s1. The Kier molecular flexibility index (Phi) is 9.59.